The molecule has 3 nitrogen and oxygen atoms in total. The van der Waals surface area contributed by atoms with Crippen molar-refractivity contribution in [1.29, 1.82) is 5.26 Å². The first-order valence-corrected chi connectivity index (χ1v) is 4.00. The zero-order valence-electron chi connectivity index (χ0n) is 6.43. The van der Waals surface area contributed by atoms with Crippen LogP contribution in [-0.2, 0) is 4.79 Å². The molecule has 0 aliphatic carbocycles. The lowest BCUT2D eigenvalue weighted by atomic mass is 10.2. The van der Waals surface area contributed by atoms with E-state index >= 15 is 0 Å². The normalized spacial score (nSPS) is 11.7. The molecule has 4 heteroatoms. The summed E-state index contributed by atoms with van der Waals surface area (Å²) in [5.74, 6) is -0.254. The smallest absolute Gasteiger partial charge is 0.235 e. The van der Waals surface area contributed by atoms with Gasteiger partial charge in [0.15, 0.2) is 0 Å². The van der Waals surface area contributed by atoms with Crippen molar-refractivity contribution in [1.82, 2.24) is 5.32 Å². The molecule has 0 rings (SSSR count). The van der Waals surface area contributed by atoms with E-state index in [1.165, 1.54) is 0 Å². The van der Waals surface area contributed by atoms with Gasteiger partial charge in [-0.2, -0.15) is 5.26 Å². The molecule has 0 aromatic carbocycles. The molecule has 62 valence electrons. The first kappa shape index (κ1) is 10.2. The summed E-state index contributed by atoms with van der Waals surface area (Å²) in [6.45, 7) is 1.91. The molecule has 0 aromatic heterocycles. The molecule has 0 bridgehead atoms. The van der Waals surface area contributed by atoms with Crippen molar-refractivity contribution in [2.45, 2.75) is 25.8 Å². The maximum absolute atomic E-state index is 10.7. The number of amides is 1. The summed E-state index contributed by atoms with van der Waals surface area (Å²) in [7, 11) is 0. The second kappa shape index (κ2) is 5.99. The lowest BCUT2D eigenvalue weighted by Crippen LogP contribution is -2.34. The summed E-state index contributed by atoms with van der Waals surface area (Å²) in [4.78, 5) is 10.7. The fraction of sp³-hybridized carbons (Fsp3) is 0.714. The number of alkyl halides is 1. The van der Waals surface area contributed by atoms with Crippen molar-refractivity contribution < 1.29 is 4.79 Å². The Bertz CT molecular complexity index is 164. The Labute approximate surface area is 71.3 Å². The molecule has 11 heavy (non-hydrogen) atoms. The topological polar surface area (TPSA) is 52.9 Å². The second-order valence-corrected chi connectivity index (χ2v) is 2.44. The average molecular weight is 175 g/mol. The van der Waals surface area contributed by atoms with E-state index in [0.29, 0.717) is 6.42 Å². The summed E-state index contributed by atoms with van der Waals surface area (Å²) in [6, 6.07) is 1.94. The Kier molecular flexibility index (Phi) is 5.58. The molecule has 1 atom stereocenters. The first-order chi connectivity index (χ1) is 5.24. The Hall–Kier alpha value is -0.750. The highest BCUT2D eigenvalue weighted by atomic mass is 35.5. The SMILES string of the molecule is CCC(CC#N)NC(=O)CCl. The standard InChI is InChI=1S/C7H11ClN2O/c1-2-6(3-4-9)10-7(11)5-8/h6H,2-3,5H2,1H3,(H,10,11). The largest absolute Gasteiger partial charge is 0.351 e. The maximum atomic E-state index is 10.7. The molecular formula is C7H11ClN2O. The Balaban J connectivity index is 3.70. The van der Waals surface area contributed by atoms with Crippen LogP contribution in [0.4, 0.5) is 0 Å². The molecule has 1 amide bonds. The van der Waals surface area contributed by atoms with Gasteiger partial charge in [0, 0.05) is 6.04 Å². The summed E-state index contributed by atoms with van der Waals surface area (Å²) in [5.41, 5.74) is 0. The van der Waals surface area contributed by atoms with Crippen LogP contribution in [0.1, 0.15) is 19.8 Å². The highest BCUT2D eigenvalue weighted by Crippen LogP contribution is 1.95. The Morgan fingerprint density at radius 3 is 2.82 bits per heavy atom. The molecule has 0 radical (unpaired) electrons. The van der Waals surface area contributed by atoms with E-state index in [1.807, 2.05) is 13.0 Å². The highest BCUT2D eigenvalue weighted by Gasteiger charge is 2.07. The van der Waals surface area contributed by atoms with Gasteiger partial charge in [0.05, 0.1) is 12.5 Å². The van der Waals surface area contributed by atoms with E-state index in [0.717, 1.165) is 6.42 Å². The van der Waals surface area contributed by atoms with Gasteiger partial charge in [0.2, 0.25) is 5.91 Å². The van der Waals surface area contributed by atoms with Crippen LogP contribution in [0.3, 0.4) is 0 Å². The minimum atomic E-state index is -0.214. The zero-order chi connectivity index (χ0) is 8.69. The number of nitriles is 1. The third-order valence-corrected chi connectivity index (χ3v) is 1.56. The fourth-order valence-electron chi connectivity index (χ4n) is 0.674. The van der Waals surface area contributed by atoms with Crippen molar-refractivity contribution in [3.8, 4) is 6.07 Å². The average Bonchev–Trinajstić information content (AvgIpc) is 2.03. The van der Waals surface area contributed by atoms with Gasteiger partial charge in [-0.3, -0.25) is 4.79 Å². The maximum Gasteiger partial charge on any atom is 0.235 e. The van der Waals surface area contributed by atoms with Crippen molar-refractivity contribution in [2.24, 2.45) is 0 Å². The van der Waals surface area contributed by atoms with Crippen molar-refractivity contribution in [2.75, 3.05) is 5.88 Å². The van der Waals surface area contributed by atoms with Crippen LogP contribution in [-0.4, -0.2) is 17.8 Å². The molecule has 1 unspecified atom stereocenters. The van der Waals surface area contributed by atoms with Crippen LogP contribution in [0.15, 0.2) is 0 Å². The number of carbonyl (C=O) groups excluding carboxylic acids is 1. The number of nitrogens with zero attached hydrogens (tertiary/aromatic N) is 1. The number of hydrogen-bond donors (Lipinski definition) is 1. The minimum Gasteiger partial charge on any atom is -0.351 e. The van der Waals surface area contributed by atoms with Crippen molar-refractivity contribution >= 4 is 17.5 Å². The predicted molar refractivity (Wildman–Crippen MR) is 43.2 cm³/mol. The number of carbonyl (C=O) groups is 1. The molecule has 0 fully saturated rings. The summed E-state index contributed by atoms with van der Waals surface area (Å²) in [5, 5.41) is 10.9. The van der Waals surface area contributed by atoms with E-state index in [-0.39, 0.29) is 17.8 Å². The summed E-state index contributed by atoms with van der Waals surface area (Å²) >= 11 is 5.26. The van der Waals surface area contributed by atoms with Gasteiger partial charge in [0.1, 0.15) is 5.88 Å². The number of nitrogens with one attached hydrogen (secondary N) is 1. The molecule has 0 saturated carbocycles. The van der Waals surface area contributed by atoms with Crippen LogP contribution in [0.2, 0.25) is 0 Å². The Morgan fingerprint density at radius 2 is 2.45 bits per heavy atom. The fourth-order valence-corrected chi connectivity index (χ4v) is 0.751. The second-order valence-electron chi connectivity index (χ2n) is 2.17. The van der Waals surface area contributed by atoms with Crippen LogP contribution in [0.25, 0.3) is 0 Å². The Morgan fingerprint density at radius 1 is 1.82 bits per heavy atom. The predicted octanol–water partition coefficient (Wildman–Crippen LogP) is 1.03. The van der Waals surface area contributed by atoms with Gasteiger partial charge in [0.25, 0.3) is 0 Å². The molecular weight excluding hydrogens is 164 g/mol. The summed E-state index contributed by atoms with van der Waals surface area (Å²) in [6.07, 6.45) is 1.11. The first-order valence-electron chi connectivity index (χ1n) is 3.46. The zero-order valence-corrected chi connectivity index (χ0v) is 7.19. The van der Waals surface area contributed by atoms with E-state index in [2.05, 4.69) is 5.32 Å². The number of hydrogen-bond acceptors (Lipinski definition) is 2. The van der Waals surface area contributed by atoms with Crippen LogP contribution >= 0.6 is 11.6 Å². The summed E-state index contributed by atoms with van der Waals surface area (Å²) < 4.78 is 0. The molecule has 0 aliphatic heterocycles. The van der Waals surface area contributed by atoms with Crippen LogP contribution < -0.4 is 5.32 Å². The minimum absolute atomic E-state index is 0.0398. The molecule has 0 aliphatic rings. The van der Waals surface area contributed by atoms with Gasteiger partial charge in [-0.05, 0) is 6.42 Å². The van der Waals surface area contributed by atoms with E-state index in [4.69, 9.17) is 16.9 Å². The van der Waals surface area contributed by atoms with E-state index in [1.54, 1.807) is 0 Å². The van der Waals surface area contributed by atoms with Crippen LogP contribution in [0, 0.1) is 11.3 Å². The molecule has 0 spiro atoms. The van der Waals surface area contributed by atoms with Crippen LogP contribution in [0.5, 0.6) is 0 Å². The lowest BCUT2D eigenvalue weighted by Gasteiger charge is -2.11. The quantitative estimate of drug-likeness (QED) is 0.648. The van der Waals surface area contributed by atoms with E-state index < -0.39 is 0 Å². The van der Waals surface area contributed by atoms with Gasteiger partial charge in [-0.15, -0.1) is 11.6 Å². The highest BCUT2D eigenvalue weighted by molar-refractivity contribution is 6.27. The number of rotatable bonds is 4. The van der Waals surface area contributed by atoms with Gasteiger partial charge in [-0.25, -0.2) is 0 Å². The van der Waals surface area contributed by atoms with E-state index in [9.17, 15) is 4.79 Å². The molecule has 0 aromatic rings. The van der Waals surface area contributed by atoms with Gasteiger partial charge < -0.3 is 5.32 Å². The van der Waals surface area contributed by atoms with Crippen molar-refractivity contribution in [3.63, 3.8) is 0 Å². The number of halogens is 1. The molecule has 0 heterocycles. The molecule has 0 saturated heterocycles. The lowest BCUT2D eigenvalue weighted by molar-refractivity contribution is -0.119. The third kappa shape index (κ3) is 4.63. The van der Waals surface area contributed by atoms with Gasteiger partial charge >= 0.3 is 0 Å². The third-order valence-electron chi connectivity index (χ3n) is 1.32. The van der Waals surface area contributed by atoms with Gasteiger partial charge in [-0.1, -0.05) is 6.92 Å². The van der Waals surface area contributed by atoms with Crippen molar-refractivity contribution in [3.05, 3.63) is 0 Å². The monoisotopic (exact) mass is 174 g/mol. The molecule has 1 N–H and O–H groups in total.